The fraction of sp³-hybridized carbons (Fsp3) is 0.0714. The highest BCUT2D eigenvalue weighted by molar-refractivity contribution is 9.10. The molecule has 0 radical (unpaired) electrons. The first-order valence-electron chi connectivity index (χ1n) is 6.16. The van der Waals surface area contributed by atoms with Gasteiger partial charge in [0.1, 0.15) is 0 Å². The number of halogens is 1. The number of primary sulfonamides is 1. The number of hydrogen-bond acceptors (Lipinski definition) is 4. The number of aromatic carboxylic acids is 1. The smallest absolute Gasteiger partial charge is 0.337 e. The number of rotatable bonds is 5. The molecule has 0 fully saturated rings. The van der Waals surface area contributed by atoms with Crippen LogP contribution in [0.15, 0.2) is 51.8 Å². The Morgan fingerprint density at radius 3 is 2.41 bits per heavy atom. The van der Waals surface area contributed by atoms with E-state index >= 15 is 0 Å². The largest absolute Gasteiger partial charge is 0.478 e. The zero-order valence-electron chi connectivity index (χ0n) is 11.3. The van der Waals surface area contributed by atoms with E-state index in [2.05, 4.69) is 21.2 Å². The van der Waals surface area contributed by atoms with E-state index in [0.29, 0.717) is 12.2 Å². The minimum atomic E-state index is -4.01. The van der Waals surface area contributed by atoms with Crippen LogP contribution in [0.4, 0.5) is 5.69 Å². The number of carboxylic acids is 1. The van der Waals surface area contributed by atoms with Gasteiger partial charge in [0.15, 0.2) is 0 Å². The fourth-order valence-corrected chi connectivity index (χ4v) is 3.52. The Labute approximate surface area is 136 Å². The standard InChI is InChI=1S/C14H13BrN2O4S/c15-11-7-12(17-8-9-4-2-1-3-5-9)10(14(18)19)6-13(11)22(16,20)21/h1-7,17H,8H2,(H,18,19)(H2,16,20,21). The van der Waals surface area contributed by atoms with Gasteiger partial charge >= 0.3 is 5.97 Å². The number of anilines is 1. The lowest BCUT2D eigenvalue weighted by atomic mass is 10.1. The van der Waals surface area contributed by atoms with E-state index in [1.54, 1.807) is 0 Å². The molecule has 0 saturated carbocycles. The molecule has 0 aromatic heterocycles. The average molecular weight is 385 g/mol. The van der Waals surface area contributed by atoms with Crippen molar-refractivity contribution in [1.82, 2.24) is 0 Å². The second-order valence-corrected chi connectivity index (χ2v) is 6.90. The summed E-state index contributed by atoms with van der Waals surface area (Å²) >= 11 is 3.10. The van der Waals surface area contributed by atoms with Crippen molar-refractivity contribution in [2.75, 3.05) is 5.32 Å². The fourth-order valence-electron chi connectivity index (χ4n) is 1.89. The third-order valence-corrected chi connectivity index (χ3v) is 4.80. The van der Waals surface area contributed by atoms with Crippen LogP contribution in [0.2, 0.25) is 0 Å². The number of benzene rings is 2. The number of carbonyl (C=O) groups is 1. The number of nitrogens with one attached hydrogen (secondary N) is 1. The van der Waals surface area contributed by atoms with Crippen molar-refractivity contribution in [2.45, 2.75) is 11.4 Å². The van der Waals surface area contributed by atoms with Crippen LogP contribution in [-0.2, 0) is 16.6 Å². The van der Waals surface area contributed by atoms with Gasteiger partial charge in [-0.15, -0.1) is 0 Å². The Kier molecular flexibility index (Phi) is 4.84. The topological polar surface area (TPSA) is 109 Å². The van der Waals surface area contributed by atoms with E-state index in [1.807, 2.05) is 30.3 Å². The Balaban J connectivity index is 2.39. The average Bonchev–Trinajstić information content (AvgIpc) is 2.44. The Morgan fingerprint density at radius 2 is 1.86 bits per heavy atom. The Morgan fingerprint density at radius 1 is 1.23 bits per heavy atom. The van der Waals surface area contributed by atoms with Crippen molar-refractivity contribution in [3.63, 3.8) is 0 Å². The van der Waals surface area contributed by atoms with Crippen LogP contribution in [0, 0.1) is 0 Å². The van der Waals surface area contributed by atoms with Crippen LogP contribution in [0.25, 0.3) is 0 Å². The summed E-state index contributed by atoms with van der Waals surface area (Å²) in [6.45, 7) is 0.405. The zero-order chi connectivity index (χ0) is 16.3. The van der Waals surface area contributed by atoms with Crippen molar-refractivity contribution < 1.29 is 18.3 Å². The van der Waals surface area contributed by atoms with Crippen molar-refractivity contribution >= 4 is 37.6 Å². The maximum absolute atomic E-state index is 11.5. The van der Waals surface area contributed by atoms with Gasteiger partial charge in [-0.1, -0.05) is 30.3 Å². The molecule has 8 heteroatoms. The zero-order valence-corrected chi connectivity index (χ0v) is 13.7. The number of nitrogens with two attached hydrogens (primary N) is 1. The van der Waals surface area contributed by atoms with Crippen LogP contribution in [0.3, 0.4) is 0 Å². The predicted octanol–water partition coefficient (Wildman–Crippen LogP) is 2.41. The number of carboxylic acid groups (broad SMARTS) is 1. The third kappa shape index (κ3) is 3.85. The molecule has 2 aromatic rings. The van der Waals surface area contributed by atoms with Gasteiger partial charge in [-0.3, -0.25) is 0 Å². The first-order valence-corrected chi connectivity index (χ1v) is 8.50. The molecule has 2 aromatic carbocycles. The first-order chi connectivity index (χ1) is 10.3. The van der Waals surface area contributed by atoms with Crippen LogP contribution < -0.4 is 10.5 Å². The third-order valence-electron chi connectivity index (χ3n) is 2.93. The van der Waals surface area contributed by atoms with Gasteiger partial charge in [0.25, 0.3) is 0 Å². The van der Waals surface area contributed by atoms with Gasteiger partial charge in [0, 0.05) is 11.0 Å². The maximum Gasteiger partial charge on any atom is 0.337 e. The summed E-state index contributed by atoms with van der Waals surface area (Å²) in [5.41, 5.74) is 1.10. The van der Waals surface area contributed by atoms with E-state index < -0.39 is 16.0 Å². The minimum Gasteiger partial charge on any atom is -0.478 e. The highest BCUT2D eigenvalue weighted by Crippen LogP contribution is 2.29. The monoisotopic (exact) mass is 384 g/mol. The molecule has 116 valence electrons. The minimum absolute atomic E-state index is 0.164. The van der Waals surface area contributed by atoms with Crippen molar-refractivity contribution in [2.24, 2.45) is 5.14 Å². The van der Waals surface area contributed by atoms with E-state index in [0.717, 1.165) is 11.6 Å². The summed E-state index contributed by atoms with van der Waals surface area (Å²) in [6.07, 6.45) is 0. The molecular formula is C14H13BrN2O4S. The molecule has 0 atom stereocenters. The summed E-state index contributed by atoms with van der Waals surface area (Å²) in [5.74, 6) is -1.24. The van der Waals surface area contributed by atoms with E-state index in [4.69, 9.17) is 5.14 Å². The van der Waals surface area contributed by atoms with E-state index in [1.165, 1.54) is 6.07 Å². The predicted molar refractivity (Wildman–Crippen MR) is 86.2 cm³/mol. The molecule has 2 rings (SSSR count). The summed E-state index contributed by atoms with van der Waals surface area (Å²) in [5, 5.41) is 17.3. The van der Waals surface area contributed by atoms with Gasteiger partial charge in [0.2, 0.25) is 10.0 Å². The van der Waals surface area contributed by atoms with Crippen LogP contribution in [-0.4, -0.2) is 19.5 Å². The number of sulfonamides is 1. The molecule has 0 heterocycles. The number of hydrogen-bond donors (Lipinski definition) is 3. The second kappa shape index (κ2) is 6.47. The summed E-state index contributed by atoms with van der Waals surface area (Å²) in [7, 11) is -4.01. The Hall–Kier alpha value is -1.90. The molecule has 6 nitrogen and oxygen atoms in total. The molecule has 22 heavy (non-hydrogen) atoms. The van der Waals surface area contributed by atoms with Crippen LogP contribution in [0.1, 0.15) is 15.9 Å². The second-order valence-electron chi connectivity index (χ2n) is 4.52. The van der Waals surface area contributed by atoms with E-state index in [-0.39, 0.29) is 14.9 Å². The molecular weight excluding hydrogens is 372 g/mol. The molecule has 0 amide bonds. The van der Waals surface area contributed by atoms with Gasteiger partial charge in [0.05, 0.1) is 16.1 Å². The molecule has 0 saturated heterocycles. The van der Waals surface area contributed by atoms with Gasteiger partial charge in [-0.25, -0.2) is 18.4 Å². The van der Waals surface area contributed by atoms with Crippen molar-refractivity contribution in [3.8, 4) is 0 Å². The molecule has 0 spiro atoms. The van der Waals surface area contributed by atoms with Crippen molar-refractivity contribution in [1.29, 1.82) is 0 Å². The molecule has 0 aliphatic heterocycles. The first kappa shape index (κ1) is 16.5. The molecule has 0 bridgehead atoms. The van der Waals surface area contributed by atoms with Crippen LogP contribution >= 0.6 is 15.9 Å². The van der Waals surface area contributed by atoms with Gasteiger partial charge in [-0.05, 0) is 33.6 Å². The lowest BCUT2D eigenvalue weighted by molar-refractivity contribution is 0.0697. The van der Waals surface area contributed by atoms with Crippen LogP contribution in [0.5, 0.6) is 0 Å². The Bertz CT molecular complexity index is 807. The lowest BCUT2D eigenvalue weighted by Gasteiger charge is -2.12. The maximum atomic E-state index is 11.5. The van der Waals surface area contributed by atoms with Gasteiger partial charge in [-0.2, -0.15) is 0 Å². The molecule has 0 aliphatic rings. The summed E-state index contributed by atoms with van der Waals surface area (Å²) < 4.78 is 23.1. The lowest BCUT2D eigenvalue weighted by Crippen LogP contribution is -2.15. The summed E-state index contributed by atoms with van der Waals surface area (Å²) in [6, 6.07) is 11.8. The van der Waals surface area contributed by atoms with Gasteiger partial charge < -0.3 is 10.4 Å². The molecule has 0 aliphatic carbocycles. The van der Waals surface area contributed by atoms with Crippen molar-refractivity contribution in [3.05, 3.63) is 58.1 Å². The molecule has 0 unspecified atom stereocenters. The highest BCUT2D eigenvalue weighted by atomic mass is 79.9. The quantitative estimate of drug-likeness (QED) is 0.732. The highest BCUT2D eigenvalue weighted by Gasteiger charge is 2.19. The van der Waals surface area contributed by atoms with E-state index in [9.17, 15) is 18.3 Å². The molecule has 4 N–H and O–H groups in total. The summed E-state index contributed by atoms with van der Waals surface area (Å²) in [4.78, 5) is 11.1. The normalized spacial score (nSPS) is 11.2. The SMILES string of the molecule is NS(=O)(=O)c1cc(C(=O)O)c(NCc2ccccc2)cc1Br.